The summed E-state index contributed by atoms with van der Waals surface area (Å²) < 4.78 is 5.31. The fourth-order valence-corrected chi connectivity index (χ4v) is 3.20. The number of rotatable bonds is 5. The molecule has 2 aromatic carbocycles. The van der Waals surface area contributed by atoms with Crippen molar-refractivity contribution in [2.45, 2.75) is 12.8 Å². The molecule has 0 bridgehead atoms. The van der Waals surface area contributed by atoms with Gasteiger partial charge >= 0.3 is 0 Å². The third-order valence-electron chi connectivity index (χ3n) is 4.43. The summed E-state index contributed by atoms with van der Waals surface area (Å²) in [5.41, 5.74) is 2.07. The van der Waals surface area contributed by atoms with E-state index in [0.717, 1.165) is 5.56 Å². The fourth-order valence-electron chi connectivity index (χ4n) is 3.03. The van der Waals surface area contributed by atoms with Crippen LogP contribution >= 0.6 is 11.6 Å². The third kappa shape index (κ3) is 4.21. The van der Waals surface area contributed by atoms with Crippen molar-refractivity contribution >= 4 is 34.8 Å². The highest BCUT2D eigenvalue weighted by atomic mass is 35.5. The first-order chi connectivity index (χ1) is 13.0. The molecule has 1 heterocycles. The Bertz CT molecular complexity index is 906. The molecule has 0 aliphatic carbocycles. The zero-order chi connectivity index (χ0) is 19.4. The molecule has 1 aliphatic heterocycles. The number of ether oxygens (including phenoxy) is 1. The number of amides is 2. The molecule has 0 aromatic heterocycles. The predicted octanol–water partition coefficient (Wildman–Crippen LogP) is 3.41. The van der Waals surface area contributed by atoms with Crippen LogP contribution in [-0.2, 0) is 16.0 Å². The Hall–Kier alpha value is -3.04. The van der Waals surface area contributed by atoms with Crippen LogP contribution in [0, 0.1) is 17.2 Å². The monoisotopic (exact) mass is 383 g/mol. The van der Waals surface area contributed by atoms with Gasteiger partial charge in [-0.2, -0.15) is 5.26 Å². The summed E-state index contributed by atoms with van der Waals surface area (Å²) in [5, 5.41) is 12.0. The highest BCUT2D eigenvalue weighted by molar-refractivity contribution is 6.31. The number of nitrogens with one attached hydrogen (secondary N) is 1. The molecule has 0 radical (unpaired) electrons. The second kappa shape index (κ2) is 8.11. The molecular formula is C20H18ClN3O3. The van der Waals surface area contributed by atoms with Crippen LogP contribution in [0.1, 0.15) is 12.0 Å². The van der Waals surface area contributed by atoms with Crippen molar-refractivity contribution in [2.24, 2.45) is 5.92 Å². The van der Waals surface area contributed by atoms with Crippen LogP contribution in [0.3, 0.4) is 0 Å². The molecule has 0 spiro atoms. The second-order valence-electron chi connectivity index (χ2n) is 6.24. The highest BCUT2D eigenvalue weighted by Gasteiger charge is 2.36. The molecule has 3 rings (SSSR count). The third-order valence-corrected chi connectivity index (χ3v) is 4.67. The van der Waals surface area contributed by atoms with E-state index in [-0.39, 0.29) is 24.8 Å². The Labute approximate surface area is 162 Å². The van der Waals surface area contributed by atoms with Gasteiger partial charge in [0.15, 0.2) is 0 Å². The lowest BCUT2D eigenvalue weighted by Gasteiger charge is -2.20. The lowest BCUT2D eigenvalue weighted by atomic mass is 10.1. The number of halogens is 1. The summed E-state index contributed by atoms with van der Waals surface area (Å²) in [6, 6.07) is 14.2. The van der Waals surface area contributed by atoms with Crippen LogP contribution in [0.15, 0.2) is 42.5 Å². The van der Waals surface area contributed by atoms with Gasteiger partial charge in [0.1, 0.15) is 5.75 Å². The molecule has 7 heteroatoms. The minimum atomic E-state index is -0.472. The van der Waals surface area contributed by atoms with Crippen molar-refractivity contribution in [1.82, 2.24) is 0 Å². The van der Waals surface area contributed by atoms with E-state index in [1.165, 1.54) is 12.0 Å². The molecule has 1 N–H and O–H groups in total. The predicted molar refractivity (Wildman–Crippen MR) is 103 cm³/mol. The van der Waals surface area contributed by atoms with Gasteiger partial charge in [0.2, 0.25) is 11.8 Å². The molecular weight excluding hydrogens is 366 g/mol. The van der Waals surface area contributed by atoms with Gasteiger partial charge in [-0.3, -0.25) is 9.59 Å². The Morgan fingerprint density at radius 3 is 2.74 bits per heavy atom. The maximum absolute atomic E-state index is 12.6. The van der Waals surface area contributed by atoms with E-state index in [0.29, 0.717) is 28.6 Å². The Kier molecular flexibility index (Phi) is 5.63. The van der Waals surface area contributed by atoms with Crippen LogP contribution < -0.4 is 15.0 Å². The zero-order valence-corrected chi connectivity index (χ0v) is 15.5. The standard InChI is InChI=1S/C20H18ClN3O3/c1-27-18-7-4-15(21)11-17(18)24-12-14(10-19(24)25)20(26)23-16-5-2-13(3-6-16)8-9-22/h2-7,11,14H,8,10,12H2,1H3,(H,23,26). The molecule has 1 unspecified atom stereocenters. The number of anilines is 2. The van der Waals surface area contributed by atoms with Gasteiger partial charge in [0.25, 0.3) is 0 Å². The van der Waals surface area contributed by atoms with E-state index in [2.05, 4.69) is 11.4 Å². The zero-order valence-electron chi connectivity index (χ0n) is 14.7. The summed E-state index contributed by atoms with van der Waals surface area (Å²) >= 11 is 6.05. The summed E-state index contributed by atoms with van der Waals surface area (Å²) in [6.45, 7) is 0.258. The number of carbonyl (C=O) groups is 2. The molecule has 0 saturated carbocycles. The van der Waals surface area contributed by atoms with E-state index in [1.54, 1.807) is 42.5 Å². The topological polar surface area (TPSA) is 82.4 Å². The number of carbonyl (C=O) groups excluding carboxylic acids is 2. The average molecular weight is 384 g/mol. The largest absolute Gasteiger partial charge is 0.495 e. The van der Waals surface area contributed by atoms with E-state index in [9.17, 15) is 9.59 Å². The van der Waals surface area contributed by atoms with Crippen molar-refractivity contribution < 1.29 is 14.3 Å². The molecule has 1 aliphatic rings. The lowest BCUT2D eigenvalue weighted by Crippen LogP contribution is -2.28. The number of hydrogen-bond acceptors (Lipinski definition) is 4. The summed E-state index contributed by atoms with van der Waals surface area (Å²) in [6.07, 6.45) is 0.440. The van der Waals surface area contributed by atoms with Crippen LogP contribution in [0.5, 0.6) is 5.75 Å². The van der Waals surface area contributed by atoms with Gasteiger partial charge < -0.3 is 15.0 Å². The van der Waals surface area contributed by atoms with Gasteiger partial charge in [-0.15, -0.1) is 0 Å². The van der Waals surface area contributed by atoms with Crippen molar-refractivity contribution in [3.05, 3.63) is 53.1 Å². The first kappa shape index (κ1) is 18.7. The summed E-state index contributed by atoms with van der Waals surface area (Å²) in [7, 11) is 1.52. The molecule has 1 fully saturated rings. The number of nitrogens with zero attached hydrogens (tertiary/aromatic N) is 2. The molecule has 27 heavy (non-hydrogen) atoms. The first-order valence-electron chi connectivity index (χ1n) is 8.42. The van der Waals surface area contributed by atoms with Gasteiger partial charge in [0.05, 0.1) is 31.2 Å². The Balaban J connectivity index is 1.71. The van der Waals surface area contributed by atoms with Crippen LogP contribution in [0.25, 0.3) is 0 Å². The van der Waals surface area contributed by atoms with Crippen molar-refractivity contribution in [3.63, 3.8) is 0 Å². The molecule has 6 nitrogen and oxygen atoms in total. The number of methoxy groups -OCH3 is 1. The van der Waals surface area contributed by atoms with Crippen LogP contribution in [-0.4, -0.2) is 25.5 Å². The molecule has 2 aromatic rings. The van der Waals surface area contributed by atoms with Crippen molar-refractivity contribution in [1.29, 1.82) is 5.26 Å². The summed E-state index contributed by atoms with van der Waals surface area (Å²) in [4.78, 5) is 26.6. The van der Waals surface area contributed by atoms with Gasteiger partial charge in [-0.1, -0.05) is 23.7 Å². The summed E-state index contributed by atoms with van der Waals surface area (Å²) in [5.74, 6) is -0.318. The van der Waals surface area contributed by atoms with Crippen LogP contribution in [0.4, 0.5) is 11.4 Å². The first-order valence-corrected chi connectivity index (χ1v) is 8.80. The number of hydrogen-bond donors (Lipinski definition) is 1. The maximum Gasteiger partial charge on any atom is 0.229 e. The normalized spacial score (nSPS) is 16.1. The minimum Gasteiger partial charge on any atom is -0.495 e. The van der Waals surface area contributed by atoms with Gasteiger partial charge in [-0.05, 0) is 35.9 Å². The van der Waals surface area contributed by atoms with Crippen LogP contribution in [0.2, 0.25) is 5.02 Å². The second-order valence-corrected chi connectivity index (χ2v) is 6.68. The lowest BCUT2D eigenvalue weighted by molar-refractivity contribution is -0.122. The fraction of sp³-hybridized carbons (Fsp3) is 0.250. The van der Waals surface area contributed by atoms with Crippen molar-refractivity contribution in [2.75, 3.05) is 23.9 Å². The molecule has 1 atom stereocenters. The smallest absolute Gasteiger partial charge is 0.229 e. The van der Waals surface area contributed by atoms with E-state index in [4.69, 9.17) is 21.6 Å². The molecule has 138 valence electrons. The Morgan fingerprint density at radius 2 is 2.07 bits per heavy atom. The van der Waals surface area contributed by atoms with Gasteiger partial charge in [0, 0.05) is 23.7 Å². The minimum absolute atomic E-state index is 0.119. The maximum atomic E-state index is 12.6. The van der Waals surface area contributed by atoms with E-state index < -0.39 is 5.92 Å². The number of nitriles is 1. The highest BCUT2D eigenvalue weighted by Crippen LogP contribution is 2.35. The SMILES string of the molecule is COc1ccc(Cl)cc1N1CC(C(=O)Nc2ccc(CC#N)cc2)CC1=O. The molecule has 1 saturated heterocycles. The molecule has 2 amide bonds. The van der Waals surface area contributed by atoms with E-state index in [1.807, 2.05) is 0 Å². The van der Waals surface area contributed by atoms with E-state index >= 15 is 0 Å². The number of benzene rings is 2. The average Bonchev–Trinajstić information content (AvgIpc) is 3.05. The Morgan fingerprint density at radius 1 is 1.33 bits per heavy atom. The van der Waals surface area contributed by atoms with Gasteiger partial charge in [-0.25, -0.2) is 0 Å². The quantitative estimate of drug-likeness (QED) is 0.857. The van der Waals surface area contributed by atoms with Crippen molar-refractivity contribution in [3.8, 4) is 11.8 Å².